The van der Waals surface area contributed by atoms with E-state index in [1.165, 1.54) is 0 Å². The van der Waals surface area contributed by atoms with Gasteiger partial charge in [-0.25, -0.2) is 0 Å². The second-order valence-corrected chi connectivity index (χ2v) is 8.58. The number of hydrogen-bond acceptors (Lipinski definition) is 2. The first-order valence-electron chi connectivity index (χ1n) is 10.4. The lowest BCUT2D eigenvalue weighted by Gasteiger charge is -2.31. The predicted molar refractivity (Wildman–Crippen MR) is 124 cm³/mol. The Morgan fingerprint density at radius 3 is 2.07 bits per heavy atom. The van der Waals surface area contributed by atoms with E-state index in [0.717, 1.165) is 11.1 Å². The van der Waals surface area contributed by atoms with Gasteiger partial charge in [0.1, 0.15) is 6.04 Å². The molecule has 0 aliphatic heterocycles. The van der Waals surface area contributed by atoms with Crippen LogP contribution in [0.4, 0.5) is 0 Å². The van der Waals surface area contributed by atoms with Crippen molar-refractivity contribution in [3.63, 3.8) is 0 Å². The summed E-state index contributed by atoms with van der Waals surface area (Å²) in [5, 5.41) is 4.19. The van der Waals surface area contributed by atoms with Crippen molar-refractivity contribution in [3.05, 3.63) is 69.7 Å². The number of nitrogens with zero attached hydrogens (tertiary/aromatic N) is 1. The molecule has 1 atom stereocenters. The average Bonchev–Trinajstić information content (AvgIpc) is 2.72. The normalized spacial score (nSPS) is 11.9. The van der Waals surface area contributed by atoms with Crippen LogP contribution in [0.3, 0.4) is 0 Å². The number of carbonyl (C=O) groups is 2. The molecule has 2 amide bonds. The summed E-state index contributed by atoms with van der Waals surface area (Å²) in [6.45, 7) is 6.85. The average molecular weight is 449 g/mol. The molecule has 2 aromatic carbocycles. The van der Waals surface area contributed by atoms with Crippen LogP contribution in [0.25, 0.3) is 0 Å². The fraction of sp³-hybridized carbons (Fsp3) is 0.417. The number of carbonyl (C=O) groups excluding carboxylic acids is 2. The molecule has 1 unspecified atom stereocenters. The molecule has 0 saturated carbocycles. The molecule has 2 aromatic rings. The quantitative estimate of drug-likeness (QED) is 0.520. The summed E-state index contributed by atoms with van der Waals surface area (Å²) in [7, 11) is 0. The van der Waals surface area contributed by atoms with Gasteiger partial charge in [-0.05, 0) is 42.0 Å². The number of aryl methyl sites for hydroxylation is 1. The molecule has 0 bridgehead atoms. The molecular weight excluding hydrogens is 419 g/mol. The van der Waals surface area contributed by atoms with Crippen molar-refractivity contribution < 1.29 is 9.59 Å². The van der Waals surface area contributed by atoms with Gasteiger partial charge in [0.25, 0.3) is 0 Å². The standard InChI is InChI=1S/C24H30Cl2N2O2/c1-4-22(24(30)27-15-17(2)3)28(16-19-10-6-8-12-21(19)26)23(29)14-13-18-9-5-7-11-20(18)25/h5-12,17,22H,4,13-16H2,1-3H3,(H,27,30). The minimum Gasteiger partial charge on any atom is -0.354 e. The maximum Gasteiger partial charge on any atom is 0.242 e. The summed E-state index contributed by atoms with van der Waals surface area (Å²) in [6.07, 6.45) is 1.30. The fourth-order valence-electron chi connectivity index (χ4n) is 3.24. The van der Waals surface area contributed by atoms with Gasteiger partial charge in [0.05, 0.1) is 0 Å². The maximum atomic E-state index is 13.2. The van der Waals surface area contributed by atoms with Crippen molar-refractivity contribution in [3.8, 4) is 0 Å². The van der Waals surface area contributed by atoms with E-state index in [1.54, 1.807) is 11.0 Å². The molecule has 0 saturated heterocycles. The molecule has 0 aromatic heterocycles. The number of halogens is 2. The highest BCUT2D eigenvalue weighted by atomic mass is 35.5. The van der Waals surface area contributed by atoms with Gasteiger partial charge in [-0.1, -0.05) is 80.4 Å². The molecule has 6 heteroatoms. The number of benzene rings is 2. The summed E-state index contributed by atoms with van der Waals surface area (Å²) in [4.78, 5) is 27.8. The number of amides is 2. The van der Waals surface area contributed by atoms with Crippen LogP contribution in [0.2, 0.25) is 10.0 Å². The summed E-state index contributed by atoms with van der Waals surface area (Å²) in [5.74, 6) is 0.102. The SMILES string of the molecule is CCC(C(=O)NCC(C)C)N(Cc1ccccc1Cl)C(=O)CCc1ccccc1Cl. The van der Waals surface area contributed by atoms with Gasteiger partial charge in [0.2, 0.25) is 11.8 Å². The van der Waals surface area contributed by atoms with E-state index >= 15 is 0 Å². The van der Waals surface area contributed by atoms with Crippen LogP contribution in [0.15, 0.2) is 48.5 Å². The lowest BCUT2D eigenvalue weighted by Crippen LogP contribution is -2.49. The number of nitrogens with one attached hydrogen (secondary N) is 1. The van der Waals surface area contributed by atoms with Crippen LogP contribution < -0.4 is 5.32 Å². The van der Waals surface area contributed by atoms with Crippen molar-refractivity contribution in [1.29, 1.82) is 0 Å². The zero-order valence-corrected chi connectivity index (χ0v) is 19.3. The van der Waals surface area contributed by atoms with Gasteiger partial charge in [-0.3, -0.25) is 9.59 Å². The Morgan fingerprint density at radius 1 is 0.967 bits per heavy atom. The Balaban J connectivity index is 2.22. The Labute approximate surface area is 189 Å². The molecule has 162 valence electrons. The van der Waals surface area contributed by atoms with Crippen molar-refractivity contribution in [2.24, 2.45) is 5.92 Å². The van der Waals surface area contributed by atoms with Crippen LogP contribution in [-0.2, 0) is 22.6 Å². The third-order valence-corrected chi connectivity index (χ3v) is 5.67. The van der Waals surface area contributed by atoms with E-state index in [9.17, 15) is 9.59 Å². The number of hydrogen-bond donors (Lipinski definition) is 1. The molecule has 0 aliphatic carbocycles. The van der Waals surface area contributed by atoms with E-state index < -0.39 is 6.04 Å². The highest BCUT2D eigenvalue weighted by Gasteiger charge is 2.29. The molecule has 4 nitrogen and oxygen atoms in total. The summed E-state index contributed by atoms with van der Waals surface area (Å²) < 4.78 is 0. The highest BCUT2D eigenvalue weighted by molar-refractivity contribution is 6.31. The van der Waals surface area contributed by atoms with Gasteiger partial charge in [0.15, 0.2) is 0 Å². The molecule has 2 rings (SSSR count). The van der Waals surface area contributed by atoms with Crippen LogP contribution in [0, 0.1) is 5.92 Å². The molecule has 0 aliphatic rings. The van der Waals surface area contributed by atoms with Crippen LogP contribution >= 0.6 is 23.2 Å². The first-order valence-corrected chi connectivity index (χ1v) is 11.1. The first kappa shape index (κ1) is 24.2. The summed E-state index contributed by atoms with van der Waals surface area (Å²) in [5.41, 5.74) is 1.74. The Bertz CT molecular complexity index is 855. The Morgan fingerprint density at radius 2 is 1.53 bits per heavy atom. The third-order valence-electron chi connectivity index (χ3n) is 4.94. The molecule has 30 heavy (non-hydrogen) atoms. The molecule has 1 N–H and O–H groups in total. The molecular formula is C24H30Cl2N2O2. The Kier molecular flexibility index (Phi) is 9.67. The Hall–Kier alpha value is -2.04. The first-order chi connectivity index (χ1) is 14.3. The molecule has 0 fully saturated rings. The predicted octanol–water partition coefficient (Wildman–Crippen LogP) is 5.51. The lowest BCUT2D eigenvalue weighted by molar-refractivity contribution is -0.141. The zero-order valence-electron chi connectivity index (χ0n) is 17.8. The largest absolute Gasteiger partial charge is 0.354 e. The highest BCUT2D eigenvalue weighted by Crippen LogP contribution is 2.22. The monoisotopic (exact) mass is 448 g/mol. The maximum absolute atomic E-state index is 13.2. The van der Waals surface area contributed by atoms with Gasteiger partial charge >= 0.3 is 0 Å². The lowest BCUT2D eigenvalue weighted by atomic mass is 10.1. The minimum atomic E-state index is -0.557. The van der Waals surface area contributed by atoms with Crippen molar-refractivity contribution in [1.82, 2.24) is 10.2 Å². The second-order valence-electron chi connectivity index (χ2n) is 7.77. The van der Waals surface area contributed by atoms with E-state index in [4.69, 9.17) is 23.2 Å². The second kappa shape index (κ2) is 12.0. The van der Waals surface area contributed by atoms with Crippen molar-refractivity contribution in [2.75, 3.05) is 6.54 Å². The zero-order chi connectivity index (χ0) is 22.1. The van der Waals surface area contributed by atoms with E-state index in [2.05, 4.69) is 5.32 Å². The fourth-order valence-corrected chi connectivity index (χ4v) is 3.66. The topological polar surface area (TPSA) is 49.4 Å². The van der Waals surface area contributed by atoms with Crippen molar-refractivity contribution in [2.45, 2.75) is 52.6 Å². The van der Waals surface area contributed by atoms with E-state index in [1.807, 2.05) is 63.2 Å². The molecule has 0 heterocycles. The number of rotatable bonds is 10. The molecule has 0 spiro atoms. The summed E-state index contributed by atoms with van der Waals surface area (Å²) in [6, 6.07) is 14.4. The smallest absolute Gasteiger partial charge is 0.242 e. The van der Waals surface area contributed by atoms with E-state index in [0.29, 0.717) is 35.3 Å². The van der Waals surface area contributed by atoms with Crippen LogP contribution in [-0.4, -0.2) is 29.3 Å². The van der Waals surface area contributed by atoms with Gasteiger partial charge in [-0.2, -0.15) is 0 Å². The van der Waals surface area contributed by atoms with Crippen molar-refractivity contribution >= 4 is 35.0 Å². The van der Waals surface area contributed by atoms with Gasteiger partial charge in [-0.15, -0.1) is 0 Å². The summed E-state index contributed by atoms with van der Waals surface area (Å²) >= 11 is 12.6. The minimum absolute atomic E-state index is 0.0959. The van der Waals surface area contributed by atoms with E-state index in [-0.39, 0.29) is 24.8 Å². The third kappa shape index (κ3) is 7.03. The molecule has 0 radical (unpaired) electrons. The van der Waals surface area contributed by atoms with Gasteiger partial charge in [0, 0.05) is 29.6 Å². The van der Waals surface area contributed by atoms with Crippen LogP contribution in [0.1, 0.15) is 44.7 Å². The van der Waals surface area contributed by atoms with Crippen LogP contribution in [0.5, 0.6) is 0 Å². The van der Waals surface area contributed by atoms with Gasteiger partial charge < -0.3 is 10.2 Å².